The van der Waals surface area contributed by atoms with Gasteiger partial charge in [-0.3, -0.25) is 4.79 Å². The number of aliphatic carboxylic acids is 1. The van der Waals surface area contributed by atoms with E-state index in [1.807, 2.05) is 13.0 Å². The molecule has 0 heterocycles. The average Bonchev–Trinajstić information content (AvgIpc) is 2.33. The van der Waals surface area contributed by atoms with E-state index in [0.717, 1.165) is 15.6 Å². The quantitative estimate of drug-likeness (QED) is 0.875. The first kappa shape index (κ1) is 14.8. The van der Waals surface area contributed by atoms with E-state index in [1.54, 1.807) is 14.2 Å². The standard InChI is InChI=1S/C13H17BrO4/c1-8-7-10(17-2)13(18-3)9(12(8)14)5-4-6-11(15)16/h7H,4-6H2,1-3H3,(H,15,16). The molecule has 0 bridgehead atoms. The van der Waals surface area contributed by atoms with Crippen molar-refractivity contribution in [2.75, 3.05) is 14.2 Å². The van der Waals surface area contributed by atoms with E-state index < -0.39 is 5.97 Å². The minimum Gasteiger partial charge on any atom is -0.493 e. The molecule has 0 unspecified atom stereocenters. The van der Waals surface area contributed by atoms with E-state index in [0.29, 0.717) is 24.3 Å². The van der Waals surface area contributed by atoms with Crippen LogP contribution >= 0.6 is 15.9 Å². The second-order valence-electron chi connectivity index (χ2n) is 3.97. The molecule has 1 aromatic rings. The van der Waals surface area contributed by atoms with Crippen LogP contribution in [-0.4, -0.2) is 25.3 Å². The van der Waals surface area contributed by atoms with E-state index in [-0.39, 0.29) is 6.42 Å². The van der Waals surface area contributed by atoms with Crippen molar-refractivity contribution in [2.45, 2.75) is 26.2 Å². The number of carbonyl (C=O) groups is 1. The lowest BCUT2D eigenvalue weighted by Crippen LogP contribution is -2.01. The predicted octanol–water partition coefficient (Wildman–Crippen LogP) is 3.18. The first-order valence-electron chi connectivity index (χ1n) is 5.63. The SMILES string of the molecule is COc1cc(C)c(Br)c(CCCC(=O)O)c1OC. The Bertz CT molecular complexity index is 443. The summed E-state index contributed by atoms with van der Waals surface area (Å²) in [6.07, 6.45) is 1.34. The number of carboxylic acid groups (broad SMARTS) is 1. The molecule has 0 radical (unpaired) electrons. The minimum atomic E-state index is -0.787. The molecular weight excluding hydrogens is 300 g/mol. The molecule has 0 saturated heterocycles. The topological polar surface area (TPSA) is 55.8 Å². The van der Waals surface area contributed by atoms with Gasteiger partial charge in [-0.15, -0.1) is 0 Å². The maximum atomic E-state index is 10.6. The first-order chi connectivity index (χ1) is 8.51. The van der Waals surface area contributed by atoms with Crippen molar-refractivity contribution >= 4 is 21.9 Å². The maximum Gasteiger partial charge on any atom is 0.303 e. The zero-order chi connectivity index (χ0) is 13.7. The molecule has 0 fully saturated rings. The molecule has 5 heteroatoms. The third kappa shape index (κ3) is 3.38. The number of rotatable bonds is 6. The molecule has 18 heavy (non-hydrogen) atoms. The molecular formula is C13H17BrO4. The fourth-order valence-electron chi connectivity index (χ4n) is 1.83. The van der Waals surface area contributed by atoms with Crippen LogP contribution in [0, 0.1) is 6.92 Å². The molecule has 0 aliphatic heterocycles. The van der Waals surface area contributed by atoms with E-state index in [2.05, 4.69) is 15.9 Å². The lowest BCUT2D eigenvalue weighted by atomic mass is 10.0. The molecule has 0 spiro atoms. The van der Waals surface area contributed by atoms with Crippen molar-refractivity contribution in [2.24, 2.45) is 0 Å². The Hall–Kier alpha value is -1.23. The van der Waals surface area contributed by atoms with Crippen molar-refractivity contribution in [1.82, 2.24) is 0 Å². The van der Waals surface area contributed by atoms with Crippen LogP contribution < -0.4 is 9.47 Å². The van der Waals surface area contributed by atoms with Gasteiger partial charge in [0.25, 0.3) is 0 Å². The largest absolute Gasteiger partial charge is 0.493 e. The van der Waals surface area contributed by atoms with Crippen molar-refractivity contribution < 1.29 is 19.4 Å². The molecule has 100 valence electrons. The van der Waals surface area contributed by atoms with Gasteiger partial charge in [-0.2, -0.15) is 0 Å². The summed E-state index contributed by atoms with van der Waals surface area (Å²) >= 11 is 3.52. The second-order valence-corrected chi connectivity index (χ2v) is 4.76. The zero-order valence-corrected chi connectivity index (χ0v) is 12.3. The van der Waals surface area contributed by atoms with Gasteiger partial charge in [0.1, 0.15) is 0 Å². The van der Waals surface area contributed by atoms with E-state index in [4.69, 9.17) is 14.6 Å². The smallest absolute Gasteiger partial charge is 0.303 e. The highest BCUT2D eigenvalue weighted by molar-refractivity contribution is 9.10. The van der Waals surface area contributed by atoms with Gasteiger partial charge in [0.05, 0.1) is 14.2 Å². The van der Waals surface area contributed by atoms with Crippen molar-refractivity contribution in [1.29, 1.82) is 0 Å². The van der Waals surface area contributed by atoms with Crippen molar-refractivity contribution in [3.8, 4) is 11.5 Å². The Kier molecular flexibility index (Phi) is 5.47. The van der Waals surface area contributed by atoms with Gasteiger partial charge in [-0.05, 0) is 31.4 Å². The summed E-state index contributed by atoms with van der Waals surface area (Å²) in [5, 5.41) is 8.67. The Balaban J connectivity index is 3.06. The third-order valence-electron chi connectivity index (χ3n) is 2.70. The Labute approximate surface area is 115 Å². The van der Waals surface area contributed by atoms with Gasteiger partial charge >= 0.3 is 5.97 Å². The van der Waals surface area contributed by atoms with E-state index in [1.165, 1.54) is 0 Å². The fraction of sp³-hybridized carbons (Fsp3) is 0.462. The van der Waals surface area contributed by atoms with Gasteiger partial charge in [-0.1, -0.05) is 15.9 Å². The van der Waals surface area contributed by atoms with Crippen LogP contribution in [-0.2, 0) is 11.2 Å². The van der Waals surface area contributed by atoms with Crippen molar-refractivity contribution in [3.05, 3.63) is 21.7 Å². The van der Waals surface area contributed by atoms with Crippen LogP contribution in [0.3, 0.4) is 0 Å². The summed E-state index contributed by atoms with van der Waals surface area (Å²) in [6.45, 7) is 1.97. The van der Waals surface area contributed by atoms with Crippen molar-refractivity contribution in [3.63, 3.8) is 0 Å². The number of hydrogen-bond donors (Lipinski definition) is 1. The maximum absolute atomic E-state index is 10.6. The third-order valence-corrected chi connectivity index (χ3v) is 3.80. The molecule has 0 saturated carbocycles. The summed E-state index contributed by atoms with van der Waals surface area (Å²) < 4.78 is 11.6. The molecule has 1 aromatic carbocycles. The molecule has 0 aliphatic carbocycles. The Morgan fingerprint density at radius 1 is 1.39 bits per heavy atom. The number of hydrogen-bond acceptors (Lipinski definition) is 3. The molecule has 0 aliphatic rings. The Morgan fingerprint density at radius 3 is 2.56 bits per heavy atom. The highest BCUT2D eigenvalue weighted by Gasteiger charge is 2.16. The van der Waals surface area contributed by atoms with Crippen LogP contribution in [0.1, 0.15) is 24.0 Å². The predicted molar refractivity (Wildman–Crippen MR) is 72.6 cm³/mol. The summed E-state index contributed by atoms with van der Waals surface area (Å²) in [5.74, 6) is 0.550. The lowest BCUT2D eigenvalue weighted by Gasteiger charge is -2.16. The highest BCUT2D eigenvalue weighted by atomic mass is 79.9. The van der Waals surface area contributed by atoms with Gasteiger partial charge in [0.2, 0.25) is 0 Å². The summed E-state index contributed by atoms with van der Waals surface area (Å²) in [7, 11) is 3.17. The monoisotopic (exact) mass is 316 g/mol. The molecule has 0 aromatic heterocycles. The van der Waals surface area contributed by atoms with Crippen LogP contribution in [0.5, 0.6) is 11.5 Å². The summed E-state index contributed by atoms with van der Waals surface area (Å²) in [4.78, 5) is 10.6. The van der Waals surface area contributed by atoms with Gasteiger partial charge in [0, 0.05) is 16.5 Å². The first-order valence-corrected chi connectivity index (χ1v) is 6.42. The number of methoxy groups -OCH3 is 2. The number of halogens is 1. The molecule has 1 N–H and O–H groups in total. The van der Waals surface area contributed by atoms with Gasteiger partial charge < -0.3 is 14.6 Å². The average molecular weight is 317 g/mol. The normalized spacial score (nSPS) is 10.2. The Morgan fingerprint density at radius 2 is 2.06 bits per heavy atom. The molecule has 0 amide bonds. The van der Waals surface area contributed by atoms with Crippen LogP contribution in [0.4, 0.5) is 0 Å². The van der Waals surface area contributed by atoms with E-state index in [9.17, 15) is 4.79 Å². The molecule has 4 nitrogen and oxygen atoms in total. The number of aryl methyl sites for hydroxylation is 1. The number of carboxylic acids is 1. The molecule has 0 atom stereocenters. The molecule has 1 rings (SSSR count). The summed E-state index contributed by atoms with van der Waals surface area (Å²) in [6, 6.07) is 1.89. The number of ether oxygens (including phenoxy) is 2. The van der Waals surface area contributed by atoms with Crippen LogP contribution in [0.2, 0.25) is 0 Å². The number of benzene rings is 1. The second kappa shape index (κ2) is 6.64. The highest BCUT2D eigenvalue weighted by Crippen LogP contribution is 2.39. The minimum absolute atomic E-state index is 0.145. The van der Waals surface area contributed by atoms with E-state index >= 15 is 0 Å². The summed E-state index contributed by atoms with van der Waals surface area (Å²) in [5.41, 5.74) is 1.99. The fourth-order valence-corrected chi connectivity index (χ4v) is 2.32. The lowest BCUT2D eigenvalue weighted by molar-refractivity contribution is -0.137. The van der Waals surface area contributed by atoms with Crippen LogP contribution in [0.15, 0.2) is 10.5 Å². The van der Waals surface area contributed by atoms with Gasteiger partial charge in [0.15, 0.2) is 11.5 Å². The van der Waals surface area contributed by atoms with Gasteiger partial charge in [-0.25, -0.2) is 0 Å². The zero-order valence-electron chi connectivity index (χ0n) is 10.7. The van der Waals surface area contributed by atoms with Crippen LogP contribution in [0.25, 0.3) is 0 Å².